The van der Waals surface area contributed by atoms with Crippen molar-refractivity contribution in [3.63, 3.8) is 0 Å². The highest BCUT2D eigenvalue weighted by Gasteiger charge is 2.48. The molecule has 4 rings (SSSR count). The van der Waals surface area contributed by atoms with Crippen molar-refractivity contribution in [3.05, 3.63) is 42.4 Å². The molecule has 144 valence electrons. The molecule has 1 aromatic heterocycles. The number of methoxy groups -OCH3 is 2. The molecular formula is C20H25N3O4. The van der Waals surface area contributed by atoms with Crippen LogP contribution in [0.1, 0.15) is 18.4 Å². The van der Waals surface area contributed by atoms with Gasteiger partial charge < -0.3 is 18.9 Å². The van der Waals surface area contributed by atoms with Crippen molar-refractivity contribution in [3.8, 4) is 17.4 Å². The van der Waals surface area contributed by atoms with Crippen molar-refractivity contribution in [2.75, 3.05) is 33.9 Å². The maximum Gasteiger partial charge on any atom is 0.232 e. The predicted octanol–water partition coefficient (Wildman–Crippen LogP) is 2.31. The Morgan fingerprint density at radius 1 is 1.15 bits per heavy atom. The molecule has 2 aliphatic rings. The Balaban J connectivity index is 1.34. The van der Waals surface area contributed by atoms with Crippen molar-refractivity contribution in [1.82, 2.24) is 14.9 Å². The van der Waals surface area contributed by atoms with Gasteiger partial charge in [0.25, 0.3) is 0 Å². The van der Waals surface area contributed by atoms with Gasteiger partial charge in [-0.15, -0.1) is 0 Å². The van der Waals surface area contributed by atoms with Gasteiger partial charge in [0.05, 0.1) is 32.6 Å². The molecule has 0 saturated carbocycles. The highest BCUT2D eigenvalue weighted by Crippen LogP contribution is 2.36. The lowest BCUT2D eigenvalue weighted by molar-refractivity contribution is -0.188. The Morgan fingerprint density at radius 3 is 2.59 bits per heavy atom. The molecule has 0 N–H and O–H groups in total. The monoisotopic (exact) mass is 371 g/mol. The third-order valence-corrected chi connectivity index (χ3v) is 5.12. The Labute approximate surface area is 159 Å². The van der Waals surface area contributed by atoms with Gasteiger partial charge in [0.1, 0.15) is 17.6 Å². The normalized spacial score (nSPS) is 21.5. The van der Waals surface area contributed by atoms with Gasteiger partial charge in [0.15, 0.2) is 0 Å². The number of likely N-dealkylation sites (tertiary alicyclic amines) is 1. The first-order valence-electron chi connectivity index (χ1n) is 9.19. The molecule has 1 atom stereocenters. The summed E-state index contributed by atoms with van der Waals surface area (Å²) in [6.45, 7) is 3.35. The summed E-state index contributed by atoms with van der Waals surface area (Å²) in [6, 6.07) is 5.99. The number of aromatic nitrogens is 2. The van der Waals surface area contributed by atoms with E-state index < -0.39 is 0 Å². The Morgan fingerprint density at radius 2 is 1.93 bits per heavy atom. The third-order valence-electron chi connectivity index (χ3n) is 5.12. The minimum absolute atomic E-state index is 0.117. The zero-order chi connectivity index (χ0) is 18.7. The lowest BCUT2D eigenvalue weighted by Gasteiger charge is -2.53. The molecule has 0 bridgehead atoms. The molecule has 0 aliphatic carbocycles. The minimum atomic E-state index is -0.117. The molecule has 3 heterocycles. The van der Waals surface area contributed by atoms with Crippen molar-refractivity contribution in [2.24, 2.45) is 0 Å². The Bertz CT molecular complexity index is 743. The molecular weight excluding hydrogens is 346 g/mol. The average molecular weight is 371 g/mol. The molecule has 0 amide bonds. The van der Waals surface area contributed by atoms with Crippen LogP contribution in [0.3, 0.4) is 0 Å². The van der Waals surface area contributed by atoms with E-state index >= 15 is 0 Å². The van der Waals surface area contributed by atoms with Crippen LogP contribution >= 0.6 is 0 Å². The number of hydrogen-bond acceptors (Lipinski definition) is 7. The molecule has 7 heteroatoms. The van der Waals surface area contributed by atoms with Crippen LogP contribution in [0.15, 0.2) is 36.8 Å². The van der Waals surface area contributed by atoms with Crippen LogP contribution in [0.5, 0.6) is 17.4 Å². The van der Waals surface area contributed by atoms with Gasteiger partial charge in [-0.2, -0.15) is 0 Å². The van der Waals surface area contributed by atoms with Crippen molar-refractivity contribution in [2.45, 2.75) is 31.1 Å². The maximum atomic E-state index is 6.12. The van der Waals surface area contributed by atoms with E-state index in [9.17, 15) is 0 Å². The number of ether oxygens (including phenoxy) is 4. The second kappa shape index (κ2) is 7.70. The first kappa shape index (κ1) is 18.0. The lowest BCUT2D eigenvalue weighted by Crippen LogP contribution is -2.65. The molecule has 7 nitrogen and oxygen atoms in total. The summed E-state index contributed by atoms with van der Waals surface area (Å²) in [5, 5.41) is 0. The van der Waals surface area contributed by atoms with E-state index in [0.29, 0.717) is 12.5 Å². The summed E-state index contributed by atoms with van der Waals surface area (Å²) in [7, 11) is 3.34. The van der Waals surface area contributed by atoms with E-state index in [4.69, 9.17) is 18.9 Å². The van der Waals surface area contributed by atoms with Crippen LogP contribution in [-0.2, 0) is 11.3 Å². The van der Waals surface area contributed by atoms with Crippen molar-refractivity contribution in [1.29, 1.82) is 0 Å². The second-order valence-corrected chi connectivity index (χ2v) is 7.17. The van der Waals surface area contributed by atoms with Gasteiger partial charge in [-0.05, 0) is 17.7 Å². The Hall–Kier alpha value is -2.38. The standard InChI is InChI=1S/C20H25N3O4/c1-24-17-7-15(8-18(9-17)25-2)12-23-13-20(14-23)10-16(3-6-26-20)27-19-11-21-4-5-22-19/h4-5,7-9,11,16H,3,6,10,12-14H2,1-2H3/t16-/m0/s1. The van der Waals surface area contributed by atoms with Gasteiger partial charge >= 0.3 is 0 Å². The fraction of sp³-hybridized carbons (Fsp3) is 0.500. The number of benzene rings is 1. The average Bonchev–Trinajstić information content (AvgIpc) is 2.67. The van der Waals surface area contributed by atoms with Crippen LogP contribution in [0, 0.1) is 0 Å². The Kier molecular flexibility index (Phi) is 5.13. The van der Waals surface area contributed by atoms with Crippen molar-refractivity contribution >= 4 is 0 Å². The van der Waals surface area contributed by atoms with Crippen LogP contribution in [0.2, 0.25) is 0 Å². The molecule has 2 aliphatic heterocycles. The molecule has 27 heavy (non-hydrogen) atoms. The third kappa shape index (κ3) is 4.14. The van der Waals surface area contributed by atoms with Gasteiger partial charge in [-0.3, -0.25) is 9.88 Å². The zero-order valence-electron chi connectivity index (χ0n) is 15.8. The maximum absolute atomic E-state index is 6.12. The van der Waals surface area contributed by atoms with E-state index in [1.54, 1.807) is 32.8 Å². The zero-order valence-corrected chi connectivity index (χ0v) is 15.8. The molecule has 0 unspecified atom stereocenters. The van der Waals surface area contributed by atoms with E-state index in [1.807, 2.05) is 6.07 Å². The van der Waals surface area contributed by atoms with Gasteiger partial charge in [-0.1, -0.05) is 0 Å². The van der Waals surface area contributed by atoms with Crippen molar-refractivity contribution < 1.29 is 18.9 Å². The van der Waals surface area contributed by atoms with E-state index in [0.717, 1.165) is 44.0 Å². The molecule has 2 aromatic rings. The summed E-state index contributed by atoms with van der Waals surface area (Å²) in [6.07, 6.45) is 6.83. The van der Waals surface area contributed by atoms with Gasteiger partial charge in [0, 0.05) is 50.9 Å². The smallest absolute Gasteiger partial charge is 0.232 e. The SMILES string of the molecule is COc1cc(CN2CC3(C[C@@H](Oc4cnccn4)CCO3)C2)cc(OC)c1. The quantitative estimate of drug-likeness (QED) is 0.772. The molecule has 1 aromatic carbocycles. The van der Waals surface area contributed by atoms with Crippen LogP contribution < -0.4 is 14.2 Å². The minimum Gasteiger partial charge on any atom is -0.497 e. The predicted molar refractivity (Wildman–Crippen MR) is 99.2 cm³/mol. The first-order valence-corrected chi connectivity index (χ1v) is 9.19. The summed E-state index contributed by atoms with van der Waals surface area (Å²) in [5.41, 5.74) is 1.05. The topological polar surface area (TPSA) is 65.9 Å². The molecule has 0 radical (unpaired) electrons. The summed E-state index contributed by atoms with van der Waals surface area (Å²) < 4.78 is 22.8. The fourth-order valence-electron chi connectivity index (χ4n) is 3.92. The van der Waals surface area contributed by atoms with Gasteiger partial charge in [-0.25, -0.2) is 4.98 Å². The highest BCUT2D eigenvalue weighted by atomic mass is 16.5. The summed E-state index contributed by atoms with van der Waals surface area (Å²) in [4.78, 5) is 10.6. The van der Waals surface area contributed by atoms with E-state index in [2.05, 4.69) is 27.0 Å². The lowest BCUT2D eigenvalue weighted by atomic mass is 9.84. The van der Waals surface area contributed by atoms with Crippen LogP contribution in [-0.4, -0.2) is 60.5 Å². The number of rotatable bonds is 6. The molecule has 2 fully saturated rings. The van der Waals surface area contributed by atoms with Crippen LogP contribution in [0.4, 0.5) is 0 Å². The second-order valence-electron chi connectivity index (χ2n) is 7.17. The van der Waals surface area contributed by atoms with Gasteiger partial charge in [0.2, 0.25) is 5.88 Å². The first-order chi connectivity index (χ1) is 13.2. The summed E-state index contributed by atoms with van der Waals surface area (Å²) >= 11 is 0. The molecule has 2 saturated heterocycles. The van der Waals surface area contributed by atoms with E-state index in [-0.39, 0.29) is 11.7 Å². The number of hydrogen-bond donors (Lipinski definition) is 0. The largest absolute Gasteiger partial charge is 0.497 e. The molecule has 1 spiro atoms. The van der Waals surface area contributed by atoms with E-state index in [1.165, 1.54) is 5.56 Å². The summed E-state index contributed by atoms with van der Waals surface area (Å²) in [5.74, 6) is 2.20. The van der Waals surface area contributed by atoms with Crippen LogP contribution in [0.25, 0.3) is 0 Å². The fourth-order valence-corrected chi connectivity index (χ4v) is 3.92. The number of nitrogens with zero attached hydrogens (tertiary/aromatic N) is 3. The highest BCUT2D eigenvalue weighted by molar-refractivity contribution is 5.38.